The third-order valence-corrected chi connectivity index (χ3v) is 5.91. The topological polar surface area (TPSA) is 56.8 Å². The minimum absolute atomic E-state index is 0.0605. The second-order valence-electron chi connectivity index (χ2n) is 7.79. The summed E-state index contributed by atoms with van der Waals surface area (Å²) in [6.07, 6.45) is -2.29. The Balaban J connectivity index is 1.54. The van der Waals surface area contributed by atoms with Gasteiger partial charge in [-0.25, -0.2) is 5.43 Å². The molecule has 0 aromatic heterocycles. The molecule has 6 nitrogen and oxygen atoms in total. The van der Waals surface area contributed by atoms with Crippen LogP contribution in [0.15, 0.2) is 18.2 Å². The van der Waals surface area contributed by atoms with Gasteiger partial charge in [0.15, 0.2) is 5.92 Å². The van der Waals surface area contributed by atoms with Crippen LogP contribution in [0.5, 0.6) is 0 Å². The van der Waals surface area contributed by atoms with Gasteiger partial charge in [-0.2, -0.15) is 13.2 Å². The Morgan fingerprint density at radius 2 is 2.14 bits per heavy atom. The Kier molecular flexibility index (Phi) is 5.24. The number of hydrazine groups is 1. The van der Waals surface area contributed by atoms with Crippen LogP contribution < -0.4 is 15.8 Å². The third-order valence-electron chi connectivity index (χ3n) is 5.91. The molecule has 0 aliphatic carbocycles. The Morgan fingerprint density at radius 3 is 2.86 bits per heavy atom. The SMILES string of the molecule is CN(C[C@H]1CCCO1)c1cccc2c1CN(C1CNNC(=O)C1C(F)(F)F)C2. The lowest BCUT2D eigenvalue weighted by molar-refractivity contribution is -0.201. The lowest BCUT2D eigenvalue weighted by atomic mass is 9.95. The zero-order chi connectivity index (χ0) is 19.9. The first kappa shape index (κ1) is 19.5. The minimum atomic E-state index is -4.58. The average molecular weight is 398 g/mol. The normalized spacial score (nSPS) is 28.3. The number of fused-ring (bicyclic) bond motifs is 1. The third kappa shape index (κ3) is 3.70. The fourth-order valence-electron chi connectivity index (χ4n) is 4.53. The van der Waals surface area contributed by atoms with Gasteiger partial charge >= 0.3 is 6.18 Å². The number of likely N-dealkylation sites (N-methyl/N-ethyl adjacent to an activating group) is 1. The molecule has 154 valence electrons. The summed E-state index contributed by atoms with van der Waals surface area (Å²) in [4.78, 5) is 15.8. The fourth-order valence-corrected chi connectivity index (χ4v) is 4.53. The van der Waals surface area contributed by atoms with E-state index >= 15 is 0 Å². The van der Waals surface area contributed by atoms with E-state index in [1.54, 1.807) is 4.90 Å². The van der Waals surface area contributed by atoms with Crippen molar-refractivity contribution in [2.45, 2.75) is 44.3 Å². The van der Waals surface area contributed by atoms with Gasteiger partial charge in [-0.3, -0.25) is 15.1 Å². The second-order valence-corrected chi connectivity index (χ2v) is 7.79. The summed E-state index contributed by atoms with van der Waals surface area (Å²) >= 11 is 0. The predicted molar refractivity (Wildman–Crippen MR) is 97.4 cm³/mol. The first-order valence-corrected chi connectivity index (χ1v) is 9.61. The maximum Gasteiger partial charge on any atom is 0.402 e. The maximum atomic E-state index is 13.5. The van der Waals surface area contributed by atoms with Crippen LogP contribution in [0.3, 0.4) is 0 Å². The molecule has 2 fully saturated rings. The summed E-state index contributed by atoms with van der Waals surface area (Å²) in [6, 6.07) is 4.97. The Morgan fingerprint density at radius 1 is 1.32 bits per heavy atom. The van der Waals surface area contributed by atoms with Gasteiger partial charge in [0.1, 0.15) is 0 Å². The van der Waals surface area contributed by atoms with E-state index in [4.69, 9.17) is 4.74 Å². The molecule has 4 rings (SSSR count). The van der Waals surface area contributed by atoms with E-state index < -0.39 is 24.0 Å². The zero-order valence-corrected chi connectivity index (χ0v) is 15.8. The van der Waals surface area contributed by atoms with Crippen LogP contribution in [0.4, 0.5) is 18.9 Å². The number of rotatable bonds is 4. The molecule has 0 bridgehead atoms. The molecule has 2 saturated heterocycles. The minimum Gasteiger partial charge on any atom is -0.376 e. The van der Waals surface area contributed by atoms with Crippen molar-refractivity contribution in [3.05, 3.63) is 29.3 Å². The van der Waals surface area contributed by atoms with Crippen LogP contribution >= 0.6 is 0 Å². The Labute approximate surface area is 162 Å². The van der Waals surface area contributed by atoms with Crippen LogP contribution in [0.2, 0.25) is 0 Å². The number of benzene rings is 1. The van der Waals surface area contributed by atoms with Gasteiger partial charge in [0.25, 0.3) is 0 Å². The molecule has 28 heavy (non-hydrogen) atoms. The molecule has 0 radical (unpaired) electrons. The summed E-state index contributed by atoms with van der Waals surface area (Å²) in [5.41, 5.74) is 7.81. The molecule has 2 N–H and O–H groups in total. The Bertz CT molecular complexity index is 736. The number of hydrogen-bond acceptors (Lipinski definition) is 5. The van der Waals surface area contributed by atoms with Crippen LogP contribution in [0.25, 0.3) is 0 Å². The van der Waals surface area contributed by atoms with Crippen molar-refractivity contribution in [2.24, 2.45) is 5.92 Å². The molecule has 0 spiro atoms. The highest BCUT2D eigenvalue weighted by molar-refractivity contribution is 5.80. The molecule has 9 heteroatoms. The number of nitrogens with zero attached hydrogens (tertiary/aromatic N) is 2. The first-order valence-electron chi connectivity index (χ1n) is 9.61. The van der Waals surface area contributed by atoms with E-state index in [0.29, 0.717) is 13.1 Å². The summed E-state index contributed by atoms with van der Waals surface area (Å²) in [7, 11) is 1.99. The highest BCUT2D eigenvalue weighted by Crippen LogP contribution is 2.38. The quantitative estimate of drug-likeness (QED) is 0.810. The smallest absolute Gasteiger partial charge is 0.376 e. The van der Waals surface area contributed by atoms with Gasteiger partial charge in [-0.15, -0.1) is 0 Å². The van der Waals surface area contributed by atoms with Crippen LogP contribution in [0, 0.1) is 5.92 Å². The molecule has 3 atom stereocenters. The summed E-state index contributed by atoms with van der Waals surface area (Å²) in [5, 5.41) is 0. The van der Waals surface area contributed by atoms with Crippen molar-refractivity contribution >= 4 is 11.6 Å². The summed E-state index contributed by atoms with van der Waals surface area (Å²) in [5.74, 6) is -3.05. The van der Waals surface area contributed by atoms with E-state index in [1.165, 1.54) is 0 Å². The molecule has 1 amide bonds. The van der Waals surface area contributed by atoms with Gasteiger partial charge in [0.2, 0.25) is 5.91 Å². The van der Waals surface area contributed by atoms with Gasteiger partial charge in [-0.05, 0) is 30.0 Å². The number of amides is 1. The largest absolute Gasteiger partial charge is 0.402 e. The van der Waals surface area contributed by atoms with E-state index in [1.807, 2.05) is 25.2 Å². The fraction of sp³-hybridized carbons (Fsp3) is 0.632. The highest BCUT2D eigenvalue weighted by atomic mass is 19.4. The number of halogens is 3. The molecule has 3 aliphatic rings. The highest BCUT2D eigenvalue weighted by Gasteiger charge is 2.53. The number of carbonyl (C=O) groups is 1. The van der Waals surface area contributed by atoms with Gasteiger partial charge in [0.05, 0.1) is 6.10 Å². The van der Waals surface area contributed by atoms with Crippen LogP contribution in [-0.4, -0.2) is 55.9 Å². The lowest BCUT2D eigenvalue weighted by Gasteiger charge is -2.38. The van der Waals surface area contributed by atoms with E-state index in [9.17, 15) is 18.0 Å². The van der Waals surface area contributed by atoms with Crippen molar-refractivity contribution in [2.75, 3.05) is 31.6 Å². The first-order chi connectivity index (χ1) is 13.3. The van der Waals surface area contributed by atoms with Crippen molar-refractivity contribution < 1.29 is 22.7 Å². The van der Waals surface area contributed by atoms with Crippen LogP contribution in [0.1, 0.15) is 24.0 Å². The standard InChI is InChI=1S/C19H25F3N4O2/c1-25(10-13-5-3-7-28-13)15-6-2-4-12-9-26(11-14(12)15)16-8-23-24-18(27)17(16)19(20,21)22/h2,4,6,13,16-17,23H,3,5,7-11H2,1H3,(H,24,27)/t13-,16?,17?/m1/s1. The summed E-state index contributed by atoms with van der Waals surface area (Å²) in [6.45, 7) is 2.41. The van der Waals surface area contributed by atoms with E-state index in [2.05, 4.69) is 15.8 Å². The Hall–Kier alpha value is -1.84. The number of alkyl halides is 3. The number of nitrogens with one attached hydrogen (secondary N) is 2. The average Bonchev–Trinajstić information content (AvgIpc) is 3.29. The predicted octanol–water partition coefficient (Wildman–Crippen LogP) is 1.80. The molecule has 3 aliphatic heterocycles. The molecular weight excluding hydrogens is 373 g/mol. The van der Waals surface area contributed by atoms with E-state index in [0.717, 1.165) is 42.8 Å². The summed E-state index contributed by atoms with van der Waals surface area (Å²) < 4.78 is 46.3. The van der Waals surface area contributed by atoms with Gasteiger partial charge in [-0.1, -0.05) is 12.1 Å². The number of ether oxygens (including phenoxy) is 1. The zero-order valence-electron chi connectivity index (χ0n) is 15.8. The van der Waals surface area contributed by atoms with E-state index in [-0.39, 0.29) is 12.6 Å². The van der Waals surface area contributed by atoms with Crippen molar-refractivity contribution in [1.82, 2.24) is 15.8 Å². The molecule has 2 unspecified atom stereocenters. The van der Waals surface area contributed by atoms with Crippen molar-refractivity contribution in [3.8, 4) is 0 Å². The molecular formula is C19H25F3N4O2. The number of anilines is 1. The second kappa shape index (κ2) is 7.53. The maximum absolute atomic E-state index is 13.5. The van der Waals surface area contributed by atoms with Crippen molar-refractivity contribution in [3.63, 3.8) is 0 Å². The molecule has 0 saturated carbocycles. The monoisotopic (exact) mass is 398 g/mol. The molecule has 1 aromatic carbocycles. The number of hydrogen-bond donors (Lipinski definition) is 2. The number of carbonyl (C=O) groups excluding carboxylic acids is 1. The molecule has 3 heterocycles. The lowest BCUT2D eigenvalue weighted by Crippen LogP contribution is -2.63. The van der Waals surface area contributed by atoms with Crippen LogP contribution in [-0.2, 0) is 22.6 Å². The van der Waals surface area contributed by atoms with Gasteiger partial charge < -0.3 is 9.64 Å². The molecule has 1 aromatic rings. The van der Waals surface area contributed by atoms with Crippen molar-refractivity contribution in [1.29, 1.82) is 0 Å². The van der Waals surface area contributed by atoms with Gasteiger partial charge in [0, 0.05) is 51.6 Å².